The topological polar surface area (TPSA) is 58.9 Å². The zero-order valence-corrected chi connectivity index (χ0v) is 20.1. The molecule has 6 rings (SSSR count). The zero-order chi connectivity index (χ0) is 21.8. The van der Waals surface area contributed by atoms with Gasteiger partial charge in [0.15, 0.2) is 5.79 Å². The van der Waals surface area contributed by atoms with Crippen molar-refractivity contribution in [1.29, 1.82) is 0 Å². The van der Waals surface area contributed by atoms with Crippen molar-refractivity contribution in [3.63, 3.8) is 0 Å². The number of aliphatic hydroxyl groups is 2. The maximum Gasteiger partial charge on any atom is 0.171 e. The fourth-order valence-corrected chi connectivity index (χ4v) is 10.3. The lowest BCUT2D eigenvalue weighted by atomic mass is 9.43. The molecule has 2 aliphatic heterocycles. The van der Waals surface area contributed by atoms with E-state index in [1.54, 1.807) is 0 Å². The molecule has 4 saturated carbocycles. The maximum absolute atomic E-state index is 11.2. The molecule has 0 aromatic carbocycles. The van der Waals surface area contributed by atoms with Gasteiger partial charge in [-0.2, -0.15) is 0 Å². The number of hydrogen-bond donors (Lipinski definition) is 2. The van der Waals surface area contributed by atoms with E-state index in [0.717, 1.165) is 45.1 Å². The number of aliphatic hydroxyl groups excluding tert-OH is 2. The van der Waals surface area contributed by atoms with Gasteiger partial charge >= 0.3 is 0 Å². The summed E-state index contributed by atoms with van der Waals surface area (Å²) in [5, 5.41) is 21.5. The Morgan fingerprint density at radius 1 is 0.806 bits per heavy atom. The van der Waals surface area contributed by atoms with Crippen LogP contribution in [0.1, 0.15) is 85.5 Å². The third kappa shape index (κ3) is 2.80. The van der Waals surface area contributed by atoms with Crippen LogP contribution in [0.4, 0.5) is 0 Å². The lowest BCUT2D eigenvalue weighted by Crippen LogP contribution is -2.58. The van der Waals surface area contributed by atoms with Crippen molar-refractivity contribution >= 4 is 0 Å². The third-order valence-electron chi connectivity index (χ3n) is 11.9. The Balaban J connectivity index is 1.28. The van der Waals surface area contributed by atoms with Crippen LogP contribution in [-0.4, -0.2) is 40.9 Å². The average Bonchev–Trinajstić information content (AvgIpc) is 3.17. The van der Waals surface area contributed by atoms with Gasteiger partial charge in [-0.15, -0.1) is 0 Å². The van der Waals surface area contributed by atoms with Crippen LogP contribution < -0.4 is 0 Å². The van der Waals surface area contributed by atoms with Gasteiger partial charge in [-0.25, -0.2) is 0 Å². The molecule has 2 saturated heterocycles. The van der Waals surface area contributed by atoms with Crippen LogP contribution in [0.25, 0.3) is 0 Å². The summed E-state index contributed by atoms with van der Waals surface area (Å²) in [6.45, 7) is 10.6. The molecule has 4 nitrogen and oxygen atoms in total. The molecule has 4 aliphatic carbocycles. The highest BCUT2D eigenvalue weighted by atomic mass is 16.7. The average molecular weight is 433 g/mol. The monoisotopic (exact) mass is 432 g/mol. The quantitative estimate of drug-likeness (QED) is 0.579. The fourth-order valence-electron chi connectivity index (χ4n) is 10.3. The maximum atomic E-state index is 11.2. The first kappa shape index (κ1) is 21.4. The molecule has 6 aliphatic rings. The SMILES string of the molecule is CC1CC[C@@]2(OC1)O[C@H]1C[C@H]3[C@@H]4C[C@H](O)[C@H]5C[C@@H](O)CC[C@]5(C)[C@H]4CC[C@]3(C)[C@H]1[C@@H]2C. The van der Waals surface area contributed by atoms with Gasteiger partial charge in [-0.1, -0.05) is 27.7 Å². The lowest BCUT2D eigenvalue weighted by Gasteiger charge is -2.62. The highest BCUT2D eigenvalue weighted by molar-refractivity contribution is 5.16. The van der Waals surface area contributed by atoms with Crippen LogP contribution in [0.15, 0.2) is 0 Å². The predicted octanol–water partition coefficient (Wildman–Crippen LogP) is 4.76. The number of hydrogen-bond acceptors (Lipinski definition) is 4. The summed E-state index contributed by atoms with van der Waals surface area (Å²) in [5.74, 6) is 3.58. The van der Waals surface area contributed by atoms with Gasteiger partial charge in [0.1, 0.15) is 0 Å². The second-order valence-electron chi connectivity index (χ2n) is 13.2. The van der Waals surface area contributed by atoms with Crippen molar-refractivity contribution in [1.82, 2.24) is 0 Å². The van der Waals surface area contributed by atoms with Crippen LogP contribution in [0.3, 0.4) is 0 Å². The smallest absolute Gasteiger partial charge is 0.171 e. The van der Waals surface area contributed by atoms with E-state index in [9.17, 15) is 10.2 Å². The number of rotatable bonds is 0. The largest absolute Gasteiger partial charge is 0.393 e. The minimum Gasteiger partial charge on any atom is -0.393 e. The number of fused-ring (bicyclic) bond motifs is 7. The molecule has 2 heterocycles. The third-order valence-corrected chi connectivity index (χ3v) is 11.9. The summed E-state index contributed by atoms with van der Waals surface area (Å²) in [5.41, 5.74) is 0.495. The van der Waals surface area contributed by atoms with E-state index in [0.29, 0.717) is 47.0 Å². The Labute approximate surface area is 188 Å². The molecule has 0 aromatic heterocycles. The molecule has 176 valence electrons. The van der Waals surface area contributed by atoms with E-state index in [1.165, 1.54) is 19.3 Å². The summed E-state index contributed by atoms with van der Waals surface area (Å²) < 4.78 is 13.3. The Kier molecular flexibility index (Phi) is 4.78. The molecular formula is C27H44O4. The normalized spacial score (nSPS) is 63.3. The first-order chi connectivity index (χ1) is 14.7. The highest BCUT2D eigenvalue weighted by Gasteiger charge is 2.69. The Hall–Kier alpha value is -0.160. The molecule has 0 bridgehead atoms. The van der Waals surface area contributed by atoms with Crippen LogP contribution in [0.5, 0.6) is 0 Å². The van der Waals surface area contributed by atoms with Gasteiger partial charge in [-0.3, -0.25) is 0 Å². The Morgan fingerprint density at radius 3 is 2.32 bits per heavy atom. The summed E-state index contributed by atoms with van der Waals surface area (Å²) in [4.78, 5) is 0. The molecule has 4 heteroatoms. The molecule has 13 atom stereocenters. The van der Waals surface area contributed by atoms with E-state index in [2.05, 4.69) is 27.7 Å². The molecular weight excluding hydrogens is 388 g/mol. The molecule has 1 unspecified atom stereocenters. The molecule has 1 spiro atoms. The van der Waals surface area contributed by atoms with Gasteiger partial charge < -0.3 is 19.7 Å². The van der Waals surface area contributed by atoms with Crippen LogP contribution in [0, 0.1) is 52.3 Å². The number of ether oxygens (including phenoxy) is 2. The van der Waals surface area contributed by atoms with Gasteiger partial charge in [0.25, 0.3) is 0 Å². The van der Waals surface area contributed by atoms with E-state index in [1.807, 2.05) is 0 Å². The fraction of sp³-hybridized carbons (Fsp3) is 1.00. The zero-order valence-electron chi connectivity index (χ0n) is 20.1. The minimum atomic E-state index is -0.338. The second-order valence-corrected chi connectivity index (χ2v) is 13.2. The van der Waals surface area contributed by atoms with Crippen LogP contribution in [0.2, 0.25) is 0 Å². The first-order valence-corrected chi connectivity index (χ1v) is 13.4. The highest BCUT2D eigenvalue weighted by Crippen LogP contribution is 2.71. The van der Waals surface area contributed by atoms with Crippen molar-refractivity contribution in [3.8, 4) is 0 Å². The summed E-state index contributed by atoms with van der Waals surface area (Å²) in [7, 11) is 0. The second kappa shape index (κ2) is 6.93. The first-order valence-electron chi connectivity index (χ1n) is 13.4. The van der Waals surface area contributed by atoms with Gasteiger partial charge in [-0.05, 0) is 97.7 Å². The van der Waals surface area contributed by atoms with Crippen molar-refractivity contribution in [3.05, 3.63) is 0 Å². The molecule has 6 fully saturated rings. The van der Waals surface area contributed by atoms with E-state index in [-0.39, 0.29) is 29.3 Å². The van der Waals surface area contributed by atoms with Crippen molar-refractivity contribution in [2.75, 3.05) is 6.61 Å². The molecule has 0 amide bonds. The van der Waals surface area contributed by atoms with Gasteiger partial charge in [0, 0.05) is 12.3 Å². The summed E-state index contributed by atoms with van der Waals surface area (Å²) >= 11 is 0. The Morgan fingerprint density at radius 2 is 1.58 bits per heavy atom. The van der Waals surface area contributed by atoms with E-state index < -0.39 is 0 Å². The van der Waals surface area contributed by atoms with E-state index in [4.69, 9.17) is 9.47 Å². The Bertz CT molecular complexity index is 716. The van der Waals surface area contributed by atoms with Gasteiger partial charge in [0.05, 0.1) is 24.9 Å². The predicted molar refractivity (Wildman–Crippen MR) is 119 cm³/mol. The lowest BCUT2D eigenvalue weighted by molar-refractivity contribution is -0.273. The van der Waals surface area contributed by atoms with Crippen molar-refractivity contribution in [2.45, 2.75) is 110 Å². The molecule has 31 heavy (non-hydrogen) atoms. The van der Waals surface area contributed by atoms with Gasteiger partial charge in [0.2, 0.25) is 0 Å². The summed E-state index contributed by atoms with van der Waals surface area (Å²) in [6, 6.07) is 0. The minimum absolute atomic E-state index is 0.191. The standard InChI is InChI=1S/C27H44O4/c1-15-5-10-27(30-14-15)16(2)24-23(31-27)13-20-18-12-22(29)21-11-17(28)6-8-25(21,3)19(18)7-9-26(20,24)4/h15-24,28-29H,5-14H2,1-4H3/t15?,16-,17-,18+,19-,20-,21+,22-,23-,24-,25+,26-,27+/m0/s1. The molecule has 0 radical (unpaired) electrons. The summed E-state index contributed by atoms with van der Waals surface area (Å²) in [6.07, 6.45) is 9.58. The molecule has 2 N–H and O–H groups in total. The van der Waals surface area contributed by atoms with Crippen LogP contribution >= 0.6 is 0 Å². The molecule has 0 aromatic rings. The van der Waals surface area contributed by atoms with E-state index >= 15 is 0 Å². The van der Waals surface area contributed by atoms with Crippen molar-refractivity contribution in [2.24, 2.45) is 52.3 Å². The van der Waals surface area contributed by atoms with Crippen LogP contribution in [-0.2, 0) is 9.47 Å². The van der Waals surface area contributed by atoms with Crippen molar-refractivity contribution < 1.29 is 19.7 Å².